The van der Waals surface area contributed by atoms with Gasteiger partial charge in [-0.1, -0.05) is 54.1 Å². The van der Waals surface area contributed by atoms with Gasteiger partial charge in [0.25, 0.3) is 0 Å². The molecule has 1 heterocycles. The largest absolute Gasteiger partial charge is 0.337 e. The first kappa shape index (κ1) is 18.1. The number of nitrogens with zero attached hydrogens (tertiary/aromatic N) is 5. The number of carbonyl (C=O) groups excluding carboxylic acids is 1. The Morgan fingerprint density at radius 2 is 1.92 bits per heavy atom. The van der Waals surface area contributed by atoms with Crippen molar-refractivity contribution in [3.63, 3.8) is 0 Å². The van der Waals surface area contributed by atoms with Gasteiger partial charge in [0.15, 0.2) is 0 Å². The third kappa shape index (κ3) is 4.46. The summed E-state index contributed by atoms with van der Waals surface area (Å²) in [5.41, 5.74) is 2.04. The molecule has 2 aromatic carbocycles. The van der Waals surface area contributed by atoms with E-state index in [0.29, 0.717) is 24.5 Å². The Morgan fingerprint density at radius 3 is 2.58 bits per heavy atom. The zero-order valence-corrected chi connectivity index (χ0v) is 15.3. The van der Waals surface area contributed by atoms with E-state index in [-0.39, 0.29) is 5.91 Å². The van der Waals surface area contributed by atoms with Crippen molar-refractivity contribution in [1.82, 2.24) is 25.1 Å². The summed E-state index contributed by atoms with van der Waals surface area (Å²) in [6.07, 6.45) is 2.01. The summed E-state index contributed by atoms with van der Waals surface area (Å²) in [4.78, 5) is 15.0. The van der Waals surface area contributed by atoms with Crippen LogP contribution in [-0.4, -0.2) is 37.6 Å². The third-order valence-corrected chi connectivity index (χ3v) is 4.43. The highest BCUT2D eigenvalue weighted by molar-refractivity contribution is 6.30. The Balaban J connectivity index is 1.83. The van der Waals surface area contributed by atoms with Crippen molar-refractivity contribution in [3.05, 3.63) is 77.1 Å². The van der Waals surface area contributed by atoms with Gasteiger partial charge in [0, 0.05) is 24.5 Å². The highest BCUT2D eigenvalue weighted by Gasteiger charge is 2.26. The predicted molar refractivity (Wildman–Crippen MR) is 99.5 cm³/mol. The lowest BCUT2D eigenvalue weighted by atomic mass is 10.0. The summed E-state index contributed by atoms with van der Waals surface area (Å²) in [5, 5.41) is 12.0. The molecule has 0 aliphatic carbocycles. The molecular formula is C19H20ClN5O. The first-order chi connectivity index (χ1) is 12.7. The second-order valence-corrected chi connectivity index (χ2v) is 6.41. The van der Waals surface area contributed by atoms with E-state index >= 15 is 0 Å². The smallest absolute Gasteiger partial charge is 0.248 e. The van der Waals surface area contributed by atoms with Crippen molar-refractivity contribution >= 4 is 17.5 Å². The van der Waals surface area contributed by atoms with Gasteiger partial charge in [0.2, 0.25) is 5.91 Å². The highest BCUT2D eigenvalue weighted by atomic mass is 35.5. The molecule has 0 N–H and O–H groups in total. The van der Waals surface area contributed by atoms with Crippen LogP contribution in [0.3, 0.4) is 0 Å². The number of carbonyl (C=O) groups is 1. The molecule has 0 spiro atoms. The molecule has 1 aromatic heterocycles. The fourth-order valence-corrected chi connectivity index (χ4v) is 3.07. The minimum Gasteiger partial charge on any atom is -0.337 e. The Morgan fingerprint density at radius 1 is 1.15 bits per heavy atom. The van der Waals surface area contributed by atoms with E-state index in [0.717, 1.165) is 11.1 Å². The molecule has 0 saturated heterocycles. The van der Waals surface area contributed by atoms with Crippen LogP contribution in [0, 0.1) is 0 Å². The van der Waals surface area contributed by atoms with Gasteiger partial charge < -0.3 is 4.90 Å². The molecule has 6 nitrogen and oxygen atoms in total. The Bertz CT molecular complexity index is 838. The topological polar surface area (TPSA) is 63.9 Å². The molecule has 0 fully saturated rings. The monoisotopic (exact) mass is 369 g/mol. The van der Waals surface area contributed by atoms with Gasteiger partial charge in [-0.3, -0.25) is 4.79 Å². The average Bonchev–Trinajstić information content (AvgIpc) is 3.19. The number of hydrogen-bond donors (Lipinski definition) is 0. The number of tetrazole rings is 1. The normalized spacial score (nSPS) is 11.9. The van der Waals surface area contributed by atoms with Crippen LogP contribution in [0.15, 0.2) is 60.9 Å². The van der Waals surface area contributed by atoms with Crippen LogP contribution in [0.25, 0.3) is 0 Å². The van der Waals surface area contributed by atoms with Gasteiger partial charge in [-0.15, -0.1) is 5.10 Å². The van der Waals surface area contributed by atoms with E-state index in [2.05, 4.69) is 15.5 Å². The van der Waals surface area contributed by atoms with E-state index in [1.54, 1.807) is 4.90 Å². The molecule has 0 aliphatic heterocycles. The Kier molecular flexibility index (Phi) is 5.96. The molecule has 134 valence electrons. The molecule has 0 radical (unpaired) electrons. The van der Waals surface area contributed by atoms with Crippen LogP contribution in [-0.2, 0) is 17.8 Å². The molecule has 3 rings (SSSR count). The first-order valence-electron chi connectivity index (χ1n) is 8.47. The molecule has 1 amide bonds. The van der Waals surface area contributed by atoms with Crippen molar-refractivity contribution in [1.29, 1.82) is 0 Å². The van der Waals surface area contributed by atoms with Crippen molar-refractivity contribution in [3.8, 4) is 0 Å². The lowest BCUT2D eigenvalue weighted by molar-refractivity contribution is -0.135. The molecule has 1 unspecified atom stereocenters. The molecule has 7 heteroatoms. The van der Waals surface area contributed by atoms with Crippen molar-refractivity contribution in [2.75, 3.05) is 6.54 Å². The maximum absolute atomic E-state index is 13.2. The molecular weight excluding hydrogens is 350 g/mol. The van der Waals surface area contributed by atoms with E-state index in [1.807, 2.05) is 61.5 Å². The minimum atomic E-state index is -0.494. The van der Waals surface area contributed by atoms with Crippen LogP contribution >= 0.6 is 11.6 Å². The summed E-state index contributed by atoms with van der Waals surface area (Å²) < 4.78 is 1.52. The Hall–Kier alpha value is -2.73. The minimum absolute atomic E-state index is 0.0244. The molecule has 3 aromatic rings. The van der Waals surface area contributed by atoms with Crippen LogP contribution in [0.2, 0.25) is 5.02 Å². The zero-order chi connectivity index (χ0) is 18.4. The van der Waals surface area contributed by atoms with Crippen LogP contribution < -0.4 is 0 Å². The number of rotatable bonds is 7. The fourth-order valence-electron chi connectivity index (χ4n) is 2.85. The van der Waals surface area contributed by atoms with E-state index in [9.17, 15) is 4.79 Å². The van der Waals surface area contributed by atoms with E-state index in [4.69, 9.17) is 11.6 Å². The maximum atomic E-state index is 13.2. The SMILES string of the molecule is CCN(Cc1cccc(Cl)c1)C(=O)C(Cc1ccccc1)n1cnnn1. The first-order valence-corrected chi connectivity index (χ1v) is 8.84. The van der Waals surface area contributed by atoms with Crippen molar-refractivity contribution < 1.29 is 4.79 Å². The number of benzene rings is 2. The maximum Gasteiger partial charge on any atom is 0.248 e. The molecule has 0 bridgehead atoms. The second-order valence-electron chi connectivity index (χ2n) is 5.98. The summed E-state index contributed by atoms with van der Waals surface area (Å²) >= 11 is 6.07. The van der Waals surface area contributed by atoms with Crippen LogP contribution in [0.5, 0.6) is 0 Å². The average molecular weight is 370 g/mol. The standard InChI is InChI=1S/C19H20ClN5O/c1-2-24(13-16-9-6-10-17(20)11-16)19(26)18(25-14-21-22-23-25)12-15-7-4-3-5-8-15/h3-11,14,18H,2,12-13H2,1H3. The zero-order valence-electron chi connectivity index (χ0n) is 14.5. The van der Waals surface area contributed by atoms with Crippen molar-refractivity contribution in [2.24, 2.45) is 0 Å². The van der Waals surface area contributed by atoms with E-state index < -0.39 is 6.04 Å². The fraction of sp³-hybridized carbons (Fsp3) is 0.263. The van der Waals surface area contributed by atoms with Gasteiger partial charge in [0.05, 0.1) is 0 Å². The summed E-state index contributed by atoms with van der Waals surface area (Å²) in [5.74, 6) is -0.0244. The molecule has 26 heavy (non-hydrogen) atoms. The Labute approximate surface area is 157 Å². The van der Waals surface area contributed by atoms with Crippen LogP contribution in [0.4, 0.5) is 0 Å². The van der Waals surface area contributed by atoms with Crippen LogP contribution in [0.1, 0.15) is 24.1 Å². The third-order valence-electron chi connectivity index (χ3n) is 4.20. The summed E-state index contributed by atoms with van der Waals surface area (Å²) in [6.45, 7) is 3.03. The van der Waals surface area contributed by atoms with Gasteiger partial charge in [-0.05, 0) is 40.6 Å². The number of hydrogen-bond acceptors (Lipinski definition) is 4. The summed E-state index contributed by atoms with van der Waals surface area (Å²) in [6, 6.07) is 16.9. The molecule has 0 saturated carbocycles. The van der Waals surface area contributed by atoms with Gasteiger partial charge in [-0.25, -0.2) is 4.68 Å². The van der Waals surface area contributed by atoms with Gasteiger partial charge >= 0.3 is 0 Å². The lowest BCUT2D eigenvalue weighted by Crippen LogP contribution is -2.38. The van der Waals surface area contributed by atoms with Gasteiger partial charge in [0.1, 0.15) is 12.4 Å². The number of likely N-dealkylation sites (N-methyl/N-ethyl adjacent to an activating group) is 1. The predicted octanol–water partition coefficient (Wildman–Crippen LogP) is 3.16. The number of amides is 1. The number of aromatic nitrogens is 4. The van der Waals surface area contributed by atoms with Gasteiger partial charge in [-0.2, -0.15) is 0 Å². The van der Waals surface area contributed by atoms with E-state index in [1.165, 1.54) is 11.0 Å². The number of halogens is 1. The quantitative estimate of drug-likeness (QED) is 0.641. The molecule has 1 atom stereocenters. The second kappa shape index (κ2) is 8.58. The summed E-state index contributed by atoms with van der Waals surface area (Å²) in [7, 11) is 0. The highest BCUT2D eigenvalue weighted by Crippen LogP contribution is 2.19. The molecule has 0 aliphatic rings. The van der Waals surface area contributed by atoms with Crippen molar-refractivity contribution in [2.45, 2.75) is 25.9 Å². The lowest BCUT2D eigenvalue weighted by Gasteiger charge is -2.26.